The second-order valence-corrected chi connectivity index (χ2v) is 6.77. The third-order valence-corrected chi connectivity index (χ3v) is 6.63. The second kappa shape index (κ2) is 11.6. The van der Waals surface area contributed by atoms with E-state index in [4.69, 9.17) is 15.3 Å². The zero-order valence-corrected chi connectivity index (χ0v) is 17.2. The van der Waals surface area contributed by atoms with Crippen molar-refractivity contribution < 1.29 is 35.8 Å². The molecule has 0 spiro atoms. The van der Waals surface area contributed by atoms with Crippen molar-refractivity contribution in [3.63, 3.8) is 0 Å². The minimum absolute atomic E-state index is 0.697. The van der Waals surface area contributed by atoms with Crippen LogP contribution in [0.5, 0.6) is 0 Å². The van der Waals surface area contributed by atoms with Crippen LogP contribution in [0.1, 0.15) is 41.5 Å². The Bertz CT molecular complexity index is 388. The molecule has 0 aromatic rings. The van der Waals surface area contributed by atoms with Crippen molar-refractivity contribution in [1.29, 1.82) is 0 Å². The van der Waals surface area contributed by atoms with E-state index in [0.717, 1.165) is 45.0 Å². The first kappa shape index (κ1) is 24.3. The first-order valence-electron chi connectivity index (χ1n) is 7.77. The minimum Gasteiger partial charge on any atom is -0.857 e. The fourth-order valence-electron chi connectivity index (χ4n) is 3.78. The van der Waals surface area contributed by atoms with Crippen molar-refractivity contribution in [2.75, 3.05) is 21.3 Å². The van der Waals surface area contributed by atoms with Gasteiger partial charge in [0.05, 0.1) is 0 Å². The Morgan fingerprint density at radius 2 is 1.09 bits per heavy atom. The Morgan fingerprint density at radius 1 is 0.727 bits per heavy atom. The molecule has 2 rings (SSSR count). The van der Waals surface area contributed by atoms with Gasteiger partial charge in [-0.1, -0.05) is 0 Å². The Morgan fingerprint density at radius 3 is 1.50 bits per heavy atom. The molecule has 5 atom stereocenters. The maximum Gasteiger partial charge on any atom is -0.153 e. The van der Waals surface area contributed by atoms with Gasteiger partial charge in [0.15, 0.2) is 0 Å². The standard InChI is InChI=1S/C15H23.3CH3O.Ti/c1-8-7-9(2)15-13(6)11(4)10(3)12(5)14(8)15;3*1-2;/h8,10-13H,1-6H3;3*1H3;/q;3*-1;+3. The van der Waals surface area contributed by atoms with Crippen LogP contribution in [-0.4, -0.2) is 21.3 Å². The molecule has 0 heterocycles. The average Bonchev–Trinajstić information content (AvgIpc) is 2.81. The quantitative estimate of drug-likeness (QED) is 0.621. The molecular formula is C18H32O3Ti. The van der Waals surface area contributed by atoms with E-state index in [-0.39, 0.29) is 0 Å². The molecular weight excluding hydrogens is 312 g/mol. The Kier molecular flexibility index (Phi) is 12.8. The number of hydrogen-bond donors (Lipinski definition) is 0. The fourth-order valence-corrected chi connectivity index (χ4v) is 4.23. The monoisotopic (exact) mass is 344 g/mol. The van der Waals surface area contributed by atoms with E-state index >= 15 is 0 Å². The van der Waals surface area contributed by atoms with Gasteiger partial charge < -0.3 is 15.3 Å². The van der Waals surface area contributed by atoms with E-state index < -0.39 is 0 Å². The Hall–Kier alpha value is 0.0743. The summed E-state index contributed by atoms with van der Waals surface area (Å²) in [5.41, 5.74) is 5.07. The van der Waals surface area contributed by atoms with E-state index in [1.54, 1.807) is 20.6 Å². The van der Waals surface area contributed by atoms with E-state index in [9.17, 15) is 0 Å². The molecule has 0 aromatic heterocycles. The third-order valence-electron chi connectivity index (χ3n) is 5.37. The molecule has 126 valence electrons. The van der Waals surface area contributed by atoms with Crippen LogP contribution in [0.2, 0.25) is 0 Å². The van der Waals surface area contributed by atoms with Crippen LogP contribution in [-0.2, 0) is 20.4 Å². The van der Waals surface area contributed by atoms with Gasteiger partial charge in [0.1, 0.15) is 0 Å². The van der Waals surface area contributed by atoms with Crippen LogP contribution < -0.4 is 15.3 Å². The molecule has 2 aliphatic rings. The predicted molar refractivity (Wildman–Crippen MR) is 83.3 cm³/mol. The first-order chi connectivity index (χ1) is 10.4. The van der Waals surface area contributed by atoms with Gasteiger partial charge in [-0.2, -0.15) is 21.3 Å². The van der Waals surface area contributed by atoms with Crippen LogP contribution in [0.15, 0.2) is 20.6 Å². The summed E-state index contributed by atoms with van der Waals surface area (Å²) >= 11 is 2.33. The summed E-state index contributed by atoms with van der Waals surface area (Å²) in [4.78, 5) is 0. The van der Waals surface area contributed by atoms with E-state index in [0.29, 0.717) is 5.92 Å². The molecule has 0 bridgehead atoms. The number of rotatable bonds is 0. The molecule has 0 saturated carbocycles. The molecule has 0 radical (unpaired) electrons. The summed E-state index contributed by atoms with van der Waals surface area (Å²) in [6.45, 7) is 14.5. The van der Waals surface area contributed by atoms with Crippen molar-refractivity contribution >= 4 is 0 Å². The maximum absolute atomic E-state index is 8.25. The van der Waals surface area contributed by atoms with Gasteiger partial charge in [-0.3, -0.25) is 0 Å². The van der Waals surface area contributed by atoms with Gasteiger partial charge in [0.25, 0.3) is 0 Å². The van der Waals surface area contributed by atoms with Crippen LogP contribution in [0.4, 0.5) is 0 Å². The molecule has 3 nitrogen and oxygen atoms in total. The average molecular weight is 344 g/mol. The molecule has 0 aromatic carbocycles. The summed E-state index contributed by atoms with van der Waals surface area (Å²) in [6.07, 6.45) is 0. The van der Waals surface area contributed by atoms with Gasteiger partial charge in [-0.05, 0) is 0 Å². The van der Waals surface area contributed by atoms with Gasteiger partial charge in [-0.25, -0.2) is 0 Å². The zero-order chi connectivity index (χ0) is 18.2. The first-order valence-corrected chi connectivity index (χ1v) is 8.55. The largest absolute Gasteiger partial charge is 0.857 e. The van der Waals surface area contributed by atoms with Crippen LogP contribution in [0, 0.1) is 29.6 Å². The molecule has 0 N–H and O–H groups in total. The van der Waals surface area contributed by atoms with Crippen molar-refractivity contribution in [3.05, 3.63) is 20.6 Å². The van der Waals surface area contributed by atoms with Crippen LogP contribution in [0.3, 0.4) is 0 Å². The smallest absolute Gasteiger partial charge is 0.153 e. The molecule has 22 heavy (non-hydrogen) atoms. The van der Waals surface area contributed by atoms with Gasteiger partial charge in [0.2, 0.25) is 0 Å². The topological polar surface area (TPSA) is 69.2 Å². The number of hydrogen-bond acceptors (Lipinski definition) is 3. The van der Waals surface area contributed by atoms with Gasteiger partial charge in [0, 0.05) is 0 Å². The van der Waals surface area contributed by atoms with E-state index in [2.05, 4.69) is 62.0 Å². The van der Waals surface area contributed by atoms with Crippen molar-refractivity contribution in [2.45, 2.75) is 41.5 Å². The molecule has 0 aliphatic heterocycles. The molecule has 0 amide bonds. The summed E-state index contributed by atoms with van der Waals surface area (Å²) in [5, 5.41) is 24.8. The number of allylic oxidation sites excluding steroid dienone is 4. The van der Waals surface area contributed by atoms with Crippen molar-refractivity contribution in [1.82, 2.24) is 0 Å². The maximum atomic E-state index is 8.25. The molecule has 0 saturated heterocycles. The Labute approximate surface area is 148 Å². The van der Waals surface area contributed by atoms with Crippen LogP contribution in [0.25, 0.3) is 0 Å². The molecule has 4 heteroatoms. The third kappa shape index (κ3) is 4.55. The molecule has 5 unspecified atom stereocenters. The molecule has 0 fully saturated rings. The predicted octanol–water partition coefficient (Wildman–Crippen LogP) is 1.24. The summed E-state index contributed by atoms with van der Waals surface area (Å²) in [7, 11) is 2.25. The zero-order valence-electron chi connectivity index (χ0n) is 15.6. The van der Waals surface area contributed by atoms with Gasteiger partial charge >= 0.3 is 112 Å². The Balaban J connectivity index is 0. The van der Waals surface area contributed by atoms with Crippen molar-refractivity contribution in [2.24, 2.45) is 29.6 Å². The SMILES string of the molecule is CC1=[C]([Ti+3])C(C)C2=C1C(C)C(C)C(C)C2C.C[O-].C[O-].C[O-]. The normalized spacial score (nSPS) is 32.9. The van der Waals surface area contributed by atoms with E-state index in [1.807, 2.05) is 0 Å². The summed E-state index contributed by atoms with van der Waals surface area (Å²) < 4.78 is 1.62. The molecule has 2 aliphatic carbocycles. The van der Waals surface area contributed by atoms with Crippen molar-refractivity contribution in [3.8, 4) is 0 Å². The van der Waals surface area contributed by atoms with Crippen LogP contribution >= 0.6 is 0 Å². The fraction of sp³-hybridized carbons (Fsp3) is 0.778. The minimum atomic E-state index is 0.697. The van der Waals surface area contributed by atoms with Gasteiger partial charge in [-0.15, -0.1) is 0 Å². The summed E-state index contributed by atoms with van der Waals surface area (Å²) in [6, 6.07) is 0. The van der Waals surface area contributed by atoms with E-state index in [1.165, 1.54) is 0 Å². The summed E-state index contributed by atoms with van der Waals surface area (Å²) in [5.74, 6) is 3.86. The second-order valence-electron chi connectivity index (χ2n) is 5.92.